The highest BCUT2D eigenvalue weighted by Crippen LogP contribution is 2.39. The molecule has 32 heavy (non-hydrogen) atoms. The molecule has 6 nitrogen and oxygen atoms in total. The van der Waals surface area contributed by atoms with E-state index in [1.165, 1.54) is 12.1 Å². The number of carbonyl (C=O) groups is 3. The van der Waals surface area contributed by atoms with Gasteiger partial charge in [-0.05, 0) is 31.2 Å². The maximum Gasteiger partial charge on any atom is 0.341 e. The van der Waals surface area contributed by atoms with Crippen molar-refractivity contribution in [1.29, 1.82) is 0 Å². The number of hydrogen-bond acceptors (Lipinski definition) is 6. The lowest BCUT2D eigenvalue weighted by molar-refractivity contribution is -0.119. The summed E-state index contributed by atoms with van der Waals surface area (Å²) in [6.07, 6.45) is 0. The van der Waals surface area contributed by atoms with Crippen LogP contribution < -0.4 is 5.32 Å². The number of rotatable bonds is 7. The quantitative estimate of drug-likeness (QED) is 0.338. The Balaban J connectivity index is 1.78. The predicted octanol–water partition coefficient (Wildman–Crippen LogP) is 6.46. The van der Waals surface area contributed by atoms with E-state index in [0.717, 1.165) is 11.3 Å². The Bertz CT molecular complexity index is 1180. The molecule has 0 aliphatic carbocycles. The molecule has 1 amide bonds. The van der Waals surface area contributed by atoms with Gasteiger partial charge in [0.2, 0.25) is 0 Å². The van der Waals surface area contributed by atoms with E-state index < -0.39 is 24.5 Å². The van der Waals surface area contributed by atoms with E-state index in [2.05, 4.69) is 21.2 Å². The lowest BCUT2D eigenvalue weighted by Gasteiger charge is -2.10. The summed E-state index contributed by atoms with van der Waals surface area (Å²) in [6.45, 7) is 1.28. The van der Waals surface area contributed by atoms with E-state index in [1.54, 1.807) is 42.6 Å². The highest BCUT2D eigenvalue weighted by molar-refractivity contribution is 9.10. The molecule has 10 heteroatoms. The first-order chi connectivity index (χ1) is 15.3. The van der Waals surface area contributed by atoms with Crippen molar-refractivity contribution in [2.24, 2.45) is 0 Å². The van der Waals surface area contributed by atoms with Crippen molar-refractivity contribution in [3.05, 3.63) is 73.5 Å². The van der Waals surface area contributed by atoms with E-state index in [1.807, 2.05) is 0 Å². The van der Waals surface area contributed by atoms with Crippen LogP contribution in [0.15, 0.2) is 52.3 Å². The summed E-state index contributed by atoms with van der Waals surface area (Å²) in [4.78, 5) is 37.3. The SMILES string of the molecule is CCOC(=O)c1c(-c2ccccc2Cl)csc1NC(=O)COC(=O)c1cc(Br)ccc1Cl. The largest absolute Gasteiger partial charge is 0.462 e. The van der Waals surface area contributed by atoms with Crippen LogP contribution in [0.4, 0.5) is 5.00 Å². The smallest absolute Gasteiger partial charge is 0.341 e. The second-order valence-corrected chi connectivity index (χ2v) is 8.91. The van der Waals surface area contributed by atoms with E-state index in [9.17, 15) is 14.4 Å². The molecule has 0 spiro atoms. The third-order valence-corrected chi connectivity index (χ3v) is 6.22. The number of thiophene rings is 1. The second kappa shape index (κ2) is 11.0. The number of halogens is 3. The van der Waals surface area contributed by atoms with Gasteiger partial charge in [-0.3, -0.25) is 4.79 Å². The lowest BCUT2D eigenvalue weighted by atomic mass is 10.0. The third-order valence-electron chi connectivity index (χ3n) is 4.17. The zero-order valence-electron chi connectivity index (χ0n) is 16.6. The van der Waals surface area contributed by atoms with Crippen LogP contribution >= 0.6 is 50.5 Å². The van der Waals surface area contributed by atoms with Crippen molar-refractivity contribution in [1.82, 2.24) is 0 Å². The molecular weight excluding hydrogens is 541 g/mol. The Morgan fingerprint density at radius 2 is 1.75 bits per heavy atom. The zero-order valence-corrected chi connectivity index (χ0v) is 20.5. The number of carbonyl (C=O) groups excluding carboxylic acids is 3. The van der Waals surface area contributed by atoms with Gasteiger partial charge in [0, 0.05) is 26.0 Å². The van der Waals surface area contributed by atoms with Crippen LogP contribution in [0.25, 0.3) is 11.1 Å². The van der Waals surface area contributed by atoms with Gasteiger partial charge in [-0.15, -0.1) is 11.3 Å². The molecule has 0 saturated carbocycles. The van der Waals surface area contributed by atoms with Crippen LogP contribution in [0.5, 0.6) is 0 Å². The third kappa shape index (κ3) is 5.69. The van der Waals surface area contributed by atoms with Crippen molar-refractivity contribution in [3.63, 3.8) is 0 Å². The van der Waals surface area contributed by atoms with E-state index in [4.69, 9.17) is 32.7 Å². The first-order valence-corrected chi connectivity index (χ1v) is 11.7. The number of ether oxygens (including phenoxy) is 2. The fourth-order valence-electron chi connectivity index (χ4n) is 2.76. The average Bonchev–Trinajstić information content (AvgIpc) is 3.17. The lowest BCUT2D eigenvalue weighted by Crippen LogP contribution is -2.22. The molecule has 0 saturated heterocycles. The van der Waals surface area contributed by atoms with Gasteiger partial charge in [-0.25, -0.2) is 9.59 Å². The summed E-state index contributed by atoms with van der Waals surface area (Å²) < 4.78 is 10.9. The van der Waals surface area contributed by atoms with Gasteiger partial charge in [0.1, 0.15) is 10.6 Å². The normalized spacial score (nSPS) is 10.5. The Morgan fingerprint density at radius 1 is 1.00 bits per heavy atom. The van der Waals surface area contributed by atoms with Gasteiger partial charge in [0.05, 0.1) is 17.2 Å². The number of benzene rings is 2. The van der Waals surface area contributed by atoms with Crippen LogP contribution in [0.2, 0.25) is 10.0 Å². The van der Waals surface area contributed by atoms with Crippen LogP contribution in [0, 0.1) is 0 Å². The first kappa shape index (κ1) is 24.3. The number of amides is 1. The average molecular weight is 557 g/mol. The maximum absolute atomic E-state index is 12.6. The fraction of sp³-hybridized carbons (Fsp3) is 0.136. The van der Waals surface area contributed by atoms with Crippen molar-refractivity contribution >= 4 is 73.3 Å². The minimum atomic E-state index is -0.750. The van der Waals surface area contributed by atoms with E-state index in [0.29, 0.717) is 20.6 Å². The minimum absolute atomic E-state index is 0.123. The van der Waals surface area contributed by atoms with Crippen molar-refractivity contribution in [2.45, 2.75) is 6.92 Å². The predicted molar refractivity (Wildman–Crippen MR) is 129 cm³/mol. The Labute approximate surface area is 206 Å². The van der Waals surface area contributed by atoms with Gasteiger partial charge in [-0.1, -0.05) is 57.3 Å². The molecule has 0 aliphatic heterocycles. The second-order valence-electron chi connectivity index (χ2n) is 6.30. The molecule has 3 aromatic rings. The Hall–Kier alpha value is -2.39. The molecular formula is C22H16BrCl2NO5S. The van der Waals surface area contributed by atoms with Gasteiger partial charge in [-0.2, -0.15) is 0 Å². The molecule has 2 aromatic carbocycles. The van der Waals surface area contributed by atoms with Crippen LogP contribution in [-0.4, -0.2) is 31.1 Å². The fourth-order valence-corrected chi connectivity index (χ4v) is 4.52. The molecule has 166 valence electrons. The molecule has 0 bridgehead atoms. The van der Waals surface area contributed by atoms with Gasteiger partial charge in [0.15, 0.2) is 6.61 Å². The number of anilines is 1. The molecule has 3 rings (SSSR count). The first-order valence-electron chi connectivity index (χ1n) is 9.27. The summed E-state index contributed by atoms with van der Waals surface area (Å²) in [6, 6.07) is 11.7. The Morgan fingerprint density at radius 3 is 2.47 bits per heavy atom. The molecule has 0 fully saturated rings. The minimum Gasteiger partial charge on any atom is -0.462 e. The van der Waals surface area contributed by atoms with E-state index >= 15 is 0 Å². The van der Waals surface area contributed by atoms with Crippen LogP contribution in [-0.2, 0) is 14.3 Å². The topological polar surface area (TPSA) is 81.7 Å². The van der Waals surface area contributed by atoms with E-state index in [-0.39, 0.29) is 27.8 Å². The number of hydrogen-bond donors (Lipinski definition) is 1. The summed E-state index contributed by atoms with van der Waals surface area (Å²) in [7, 11) is 0. The Kier molecular flexibility index (Phi) is 8.31. The van der Waals surface area contributed by atoms with Crippen molar-refractivity contribution in [3.8, 4) is 11.1 Å². The monoisotopic (exact) mass is 555 g/mol. The van der Waals surface area contributed by atoms with Crippen LogP contribution in [0.1, 0.15) is 27.6 Å². The molecule has 1 heterocycles. The summed E-state index contributed by atoms with van der Waals surface area (Å²) in [5.74, 6) is -1.97. The highest BCUT2D eigenvalue weighted by atomic mass is 79.9. The molecule has 0 radical (unpaired) electrons. The molecule has 1 aromatic heterocycles. The standard InChI is InChI=1S/C22H16BrCl2NO5S/c1-2-30-22(29)19-15(13-5-3-4-6-16(13)24)11-32-20(19)26-18(27)10-31-21(28)14-9-12(23)7-8-17(14)25/h3-9,11H,2,10H2,1H3,(H,26,27). The number of nitrogens with one attached hydrogen (secondary N) is 1. The maximum atomic E-state index is 12.6. The molecule has 0 atom stereocenters. The van der Waals surface area contributed by atoms with Crippen molar-refractivity contribution < 1.29 is 23.9 Å². The molecule has 0 aliphatic rings. The summed E-state index contributed by atoms with van der Waals surface area (Å²) >= 11 is 16.7. The summed E-state index contributed by atoms with van der Waals surface area (Å²) in [5.41, 5.74) is 1.47. The van der Waals surface area contributed by atoms with Crippen LogP contribution in [0.3, 0.4) is 0 Å². The van der Waals surface area contributed by atoms with Gasteiger partial charge < -0.3 is 14.8 Å². The molecule has 1 N–H and O–H groups in total. The molecule has 0 unspecified atom stereocenters. The highest BCUT2D eigenvalue weighted by Gasteiger charge is 2.24. The van der Waals surface area contributed by atoms with Crippen molar-refractivity contribution in [2.75, 3.05) is 18.5 Å². The van der Waals surface area contributed by atoms with Gasteiger partial charge in [0.25, 0.3) is 5.91 Å². The zero-order chi connectivity index (χ0) is 23.3. The van der Waals surface area contributed by atoms with Gasteiger partial charge >= 0.3 is 11.9 Å². The summed E-state index contributed by atoms with van der Waals surface area (Å²) in [5, 5.41) is 5.23. The number of esters is 2.